The number of para-hydroxylation sites is 1. The van der Waals surface area contributed by atoms with E-state index in [4.69, 9.17) is 5.73 Å². The number of amides is 1. The molecule has 1 aromatic heterocycles. The summed E-state index contributed by atoms with van der Waals surface area (Å²) in [5, 5.41) is 6.86. The van der Waals surface area contributed by atoms with Crippen LogP contribution in [-0.4, -0.2) is 33.8 Å². The summed E-state index contributed by atoms with van der Waals surface area (Å²) < 4.78 is 15.4. The average molecular weight is 342 g/mol. The van der Waals surface area contributed by atoms with Crippen LogP contribution in [0.2, 0.25) is 0 Å². The van der Waals surface area contributed by atoms with E-state index in [2.05, 4.69) is 15.4 Å². The van der Waals surface area contributed by atoms with E-state index in [1.54, 1.807) is 18.2 Å². The second-order valence-corrected chi connectivity index (χ2v) is 5.21. The van der Waals surface area contributed by atoms with Gasteiger partial charge in [-0.1, -0.05) is 26.0 Å². The van der Waals surface area contributed by atoms with Crippen LogP contribution in [0.25, 0.3) is 5.69 Å². The van der Waals surface area contributed by atoms with Crippen molar-refractivity contribution in [1.82, 2.24) is 20.1 Å². The molecule has 0 aliphatic rings. The van der Waals surface area contributed by atoms with Crippen molar-refractivity contribution in [3.8, 4) is 5.69 Å². The molecular weight excluding hydrogens is 321 g/mol. The molecule has 0 spiro atoms. The Kier molecular flexibility index (Phi) is 7.12. The summed E-state index contributed by atoms with van der Waals surface area (Å²) in [6.07, 6.45) is 0.677. The molecular formula is C15H21ClFN5O. The van der Waals surface area contributed by atoms with Crippen molar-refractivity contribution >= 4 is 18.3 Å². The molecule has 1 heterocycles. The van der Waals surface area contributed by atoms with Gasteiger partial charge >= 0.3 is 0 Å². The molecule has 8 heteroatoms. The predicted molar refractivity (Wildman–Crippen MR) is 88.7 cm³/mol. The molecule has 3 N–H and O–H groups in total. The van der Waals surface area contributed by atoms with Crippen molar-refractivity contribution in [2.45, 2.75) is 26.2 Å². The minimum Gasteiger partial charge on any atom is -0.349 e. The standard InChI is InChI=1S/C15H20FN5O.ClH/c1-10(2)14-19-13(15(22)18-9-5-8-17)20-21(14)12-7-4-3-6-11(12)16;/h3-4,6-7,10H,5,8-9,17H2,1-2H3,(H,18,22);1H. The molecule has 126 valence electrons. The maximum absolute atomic E-state index is 14.0. The summed E-state index contributed by atoms with van der Waals surface area (Å²) in [4.78, 5) is 16.3. The third kappa shape index (κ3) is 4.49. The Morgan fingerprint density at radius 3 is 2.70 bits per heavy atom. The molecule has 0 atom stereocenters. The number of hydrogen-bond acceptors (Lipinski definition) is 4. The lowest BCUT2D eigenvalue weighted by atomic mass is 10.2. The van der Waals surface area contributed by atoms with E-state index in [9.17, 15) is 9.18 Å². The average Bonchev–Trinajstić information content (AvgIpc) is 2.93. The zero-order chi connectivity index (χ0) is 16.1. The summed E-state index contributed by atoms with van der Waals surface area (Å²) >= 11 is 0. The number of benzene rings is 1. The van der Waals surface area contributed by atoms with Gasteiger partial charge in [0, 0.05) is 12.5 Å². The number of carbonyl (C=O) groups is 1. The maximum atomic E-state index is 14.0. The number of nitrogens with zero attached hydrogens (tertiary/aromatic N) is 3. The van der Waals surface area contributed by atoms with Crippen LogP contribution < -0.4 is 11.1 Å². The Balaban J connectivity index is 0.00000264. The van der Waals surface area contributed by atoms with Gasteiger partial charge in [-0.25, -0.2) is 14.1 Å². The van der Waals surface area contributed by atoms with Crippen molar-refractivity contribution in [3.05, 3.63) is 41.7 Å². The first-order chi connectivity index (χ1) is 10.5. The lowest BCUT2D eigenvalue weighted by Crippen LogP contribution is -2.27. The largest absolute Gasteiger partial charge is 0.349 e. The Labute approximate surface area is 140 Å². The van der Waals surface area contributed by atoms with Gasteiger partial charge in [-0.2, -0.15) is 0 Å². The fraction of sp³-hybridized carbons (Fsp3) is 0.400. The van der Waals surface area contributed by atoms with Crippen LogP contribution in [0.15, 0.2) is 24.3 Å². The number of halogens is 2. The molecule has 2 aromatic rings. The van der Waals surface area contributed by atoms with E-state index in [0.717, 1.165) is 0 Å². The highest BCUT2D eigenvalue weighted by Gasteiger charge is 2.20. The monoisotopic (exact) mass is 341 g/mol. The van der Waals surface area contributed by atoms with Gasteiger partial charge < -0.3 is 11.1 Å². The van der Waals surface area contributed by atoms with Crippen molar-refractivity contribution in [2.75, 3.05) is 13.1 Å². The van der Waals surface area contributed by atoms with E-state index in [0.29, 0.717) is 25.3 Å². The molecule has 0 aliphatic carbocycles. The van der Waals surface area contributed by atoms with Gasteiger partial charge in [0.25, 0.3) is 5.91 Å². The fourth-order valence-electron chi connectivity index (χ4n) is 1.98. The van der Waals surface area contributed by atoms with E-state index in [1.165, 1.54) is 10.7 Å². The molecule has 23 heavy (non-hydrogen) atoms. The van der Waals surface area contributed by atoms with Crippen LogP contribution in [0.1, 0.15) is 42.6 Å². The highest BCUT2D eigenvalue weighted by Crippen LogP contribution is 2.19. The summed E-state index contributed by atoms with van der Waals surface area (Å²) in [6, 6.07) is 6.27. The lowest BCUT2D eigenvalue weighted by Gasteiger charge is -2.08. The third-order valence-corrected chi connectivity index (χ3v) is 3.10. The Morgan fingerprint density at radius 1 is 1.39 bits per heavy atom. The van der Waals surface area contributed by atoms with Crippen LogP contribution in [0, 0.1) is 5.82 Å². The minimum absolute atomic E-state index is 0. The number of hydrogen-bond donors (Lipinski definition) is 2. The SMILES string of the molecule is CC(C)c1nc(C(=O)NCCCN)nn1-c1ccccc1F.Cl. The Bertz CT molecular complexity index is 659. The smallest absolute Gasteiger partial charge is 0.290 e. The van der Waals surface area contributed by atoms with Gasteiger partial charge in [0.05, 0.1) is 0 Å². The summed E-state index contributed by atoms with van der Waals surface area (Å²) in [7, 11) is 0. The summed E-state index contributed by atoms with van der Waals surface area (Å²) in [5.41, 5.74) is 5.66. The number of nitrogens with two attached hydrogens (primary N) is 1. The minimum atomic E-state index is -0.413. The fourth-order valence-corrected chi connectivity index (χ4v) is 1.98. The number of rotatable bonds is 6. The number of nitrogens with one attached hydrogen (secondary N) is 1. The zero-order valence-electron chi connectivity index (χ0n) is 13.1. The second kappa shape index (κ2) is 8.59. The third-order valence-electron chi connectivity index (χ3n) is 3.10. The summed E-state index contributed by atoms with van der Waals surface area (Å²) in [5.74, 6) is -0.231. The van der Waals surface area contributed by atoms with Crippen molar-refractivity contribution in [2.24, 2.45) is 5.73 Å². The van der Waals surface area contributed by atoms with Gasteiger partial charge in [-0.3, -0.25) is 4.79 Å². The molecule has 0 saturated heterocycles. The lowest BCUT2D eigenvalue weighted by molar-refractivity contribution is 0.0943. The van der Waals surface area contributed by atoms with Crippen LogP contribution in [0.5, 0.6) is 0 Å². The molecule has 0 fully saturated rings. The molecule has 0 unspecified atom stereocenters. The number of aromatic nitrogens is 3. The molecule has 6 nitrogen and oxygen atoms in total. The van der Waals surface area contributed by atoms with Gasteiger partial charge in [-0.05, 0) is 25.1 Å². The van der Waals surface area contributed by atoms with Crippen LogP contribution in [0.3, 0.4) is 0 Å². The second-order valence-electron chi connectivity index (χ2n) is 5.21. The first-order valence-electron chi connectivity index (χ1n) is 7.24. The normalized spacial score (nSPS) is 10.5. The Morgan fingerprint density at radius 2 is 2.09 bits per heavy atom. The van der Waals surface area contributed by atoms with E-state index < -0.39 is 5.82 Å². The van der Waals surface area contributed by atoms with Gasteiger partial charge in [-0.15, -0.1) is 17.5 Å². The van der Waals surface area contributed by atoms with Crippen molar-refractivity contribution < 1.29 is 9.18 Å². The molecule has 1 aromatic carbocycles. The summed E-state index contributed by atoms with van der Waals surface area (Å²) in [6.45, 7) is 4.78. The van der Waals surface area contributed by atoms with E-state index in [1.807, 2.05) is 13.8 Å². The first-order valence-corrected chi connectivity index (χ1v) is 7.24. The quantitative estimate of drug-likeness (QED) is 0.787. The highest BCUT2D eigenvalue weighted by molar-refractivity contribution is 5.90. The van der Waals surface area contributed by atoms with Gasteiger partial charge in [0.1, 0.15) is 17.3 Å². The first kappa shape index (κ1) is 19.1. The Hall–Kier alpha value is -1.99. The van der Waals surface area contributed by atoms with E-state index in [-0.39, 0.29) is 35.7 Å². The molecule has 0 saturated carbocycles. The van der Waals surface area contributed by atoms with Crippen LogP contribution in [-0.2, 0) is 0 Å². The van der Waals surface area contributed by atoms with E-state index >= 15 is 0 Å². The molecule has 1 amide bonds. The maximum Gasteiger partial charge on any atom is 0.290 e. The van der Waals surface area contributed by atoms with Gasteiger partial charge in [0.15, 0.2) is 0 Å². The van der Waals surface area contributed by atoms with Gasteiger partial charge in [0.2, 0.25) is 5.82 Å². The molecule has 2 rings (SSSR count). The highest BCUT2D eigenvalue weighted by atomic mass is 35.5. The molecule has 0 radical (unpaired) electrons. The zero-order valence-corrected chi connectivity index (χ0v) is 13.9. The van der Waals surface area contributed by atoms with Crippen molar-refractivity contribution in [1.29, 1.82) is 0 Å². The number of carbonyl (C=O) groups excluding carboxylic acids is 1. The van der Waals surface area contributed by atoms with Crippen LogP contribution >= 0.6 is 12.4 Å². The predicted octanol–water partition coefficient (Wildman–Crippen LogP) is 2.03. The molecule has 0 bridgehead atoms. The van der Waals surface area contributed by atoms with Crippen LogP contribution in [0.4, 0.5) is 4.39 Å². The topological polar surface area (TPSA) is 85.8 Å². The van der Waals surface area contributed by atoms with Crippen molar-refractivity contribution in [3.63, 3.8) is 0 Å². The molecule has 0 aliphatic heterocycles.